The first-order valence-electron chi connectivity index (χ1n) is 6.94. The Labute approximate surface area is 111 Å². The van der Waals surface area contributed by atoms with Gasteiger partial charge in [0, 0.05) is 24.8 Å². The summed E-state index contributed by atoms with van der Waals surface area (Å²) in [6.07, 6.45) is 3.27. The summed E-state index contributed by atoms with van der Waals surface area (Å²) in [5.74, 6) is 0. The van der Waals surface area contributed by atoms with Crippen molar-refractivity contribution in [3.05, 3.63) is 29.8 Å². The Hall–Kier alpha value is -1.06. The number of unbranched alkanes of at least 4 members (excludes halogenated alkanes) is 1. The largest absolute Gasteiger partial charge is 0.395 e. The van der Waals surface area contributed by atoms with Gasteiger partial charge in [-0.25, -0.2) is 0 Å². The molecule has 0 aliphatic rings. The molecule has 1 rings (SSSR count). The first-order valence-corrected chi connectivity index (χ1v) is 6.94. The van der Waals surface area contributed by atoms with Crippen molar-refractivity contribution in [2.24, 2.45) is 5.73 Å². The van der Waals surface area contributed by atoms with Crippen LogP contribution in [0.3, 0.4) is 0 Å². The molecule has 3 heteroatoms. The summed E-state index contributed by atoms with van der Waals surface area (Å²) >= 11 is 0. The van der Waals surface area contributed by atoms with E-state index in [0.717, 1.165) is 19.4 Å². The Kier molecular flexibility index (Phi) is 6.76. The van der Waals surface area contributed by atoms with Crippen molar-refractivity contribution in [1.29, 1.82) is 0 Å². The Morgan fingerprint density at radius 1 is 1.17 bits per heavy atom. The molecule has 18 heavy (non-hydrogen) atoms. The monoisotopic (exact) mass is 250 g/mol. The number of nitrogens with two attached hydrogens (primary N) is 1. The molecular weight excluding hydrogens is 224 g/mol. The van der Waals surface area contributed by atoms with Gasteiger partial charge in [0.2, 0.25) is 0 Å². The zero-order valence-corrected chi connectivity index (χ0v) is 11.6. The van der Waals surface area contributed by atoms with Crippen LogP contribution in [0.1, 0.15) is 44.7 Å². The second-order valence-electron chi connectivity index (χ2n) is 4.67. The van der Waals surface area contributed by atoms with E-state index < -0.39 is 0 Å². The summed E-state index contributed by atoms with van der Waals surface area (Å²) in [6.45, 7) is 6.16. The van der Waals surface area contributed by atoms with E-state index >= 15 is 0 Å². The molecule has 0 heterocycles. The normalized spacial score (nSPS) is 12.4. The highest BCUT2D eigenvalue weighted by Gasteiger charge is 2.07. The van der Waals surface area contributed by atoms with Gasteiger partial charge in [-0.3, -0.25) is 0 Å². The van der Waals surface area contributed by atoms with Crippen LogP contribution in [-0.4, -0.2) is 24.8 Å². The molecule has 0 aromatic heterocycles. The maximum Gasteiger partial charge on any atom is 0.0606 e. The van der Waals surface area contributed by atoms with Gasteiger partial charge in [0.25, 0.3) is 0 Å². The molecule has 0 unspecified atom stereocenters. The van der Waals surface area contributed by atoms with Crippen LogP contribution in [0.15, 0.2) is 24.3 Å². The van der Waals surface area contributed by atoms with Crippen LogP contribution in [0, 0.1) is 0 Å². The molecule has 0 saturated carbocycles. The van der Waals surface area contributed by atoms with Gasteiger partial charge in [-0.2, -0.15) is 0 Å². The van der Waals surface area contributed by atoms with E-state index in [1.165, 1.54) is 17.7 Å². The first kappa shape index (κ1) is 15.0. The van der Waals surface area contributed by atoms with Crippen LogP contribution >= 0.6 is 0 Å². The number of rotatable bonds is 8. The van der Waals surface area contributed by atoms with Crippen LogP contribution < -0.4 is 10.6 Å². The van der Waals surface area contributed by atoms with Gasteiger partial charge in [0.1, 0.15) is 0 Å². The molecule has 0 amide bonds. The molecule has 102 valence electrons. The minimum Gasteiger partial charge on any atom is -0.395 e. The number of hydrogen-bond acceptors (Lipinski definition) is 3. The van der Waals surface area contributed by atoms with E-state index in [-0.39, 0.29) is 12.6 Å². The lowest BCUT2D eigenvalue weighted by Crippen LogP contribution is -2.27. The van der Waals surface area contributed by atoms with Gasteiger partial charge in [0.15, 0.2) is 0 Å². The minimum absolute atomic E-state index is 0.126. The van der Waals surface area contributed by atoms with Crippen molar-refractivity contribution in [3.63, 3.8) is 0 Å². The topological polar surface area (TPSA) is 49.5 Å². The maximum atomic E-state index is 9.12. The molecule has 1 aromatic rings. The molecule has 3 nitrogen and oxygen atoms in total. The number of benzene rings is 1. The molecule has 0 aliphatic carbocycles. The zero-order chi connectivity index (χ0) is 13.4. The van der Waals surface area contributed by atoms with Crippen LogP contribution in [0.25, 0.3) is 0 Å². The Morgan fingerprint density at radius 2 is 1.83 bits per heavy atom. The second-order valence-corrected chi connectivity index (χ2v) is 4.67. The van der Waals surface area contributed by atoms with Crippen molar-refractivity contribution >= 4 is 5.69 Å². The minimum atomic E-state index is 0.126. The molecular formula is C15H26N2O. The van der Waals surface area contributed by atoms with Gasteiger partial charge in [0.05, 0.1) is 6.61 Å². The summed E-state index contributed by atoms with van der Waals surface area (Å²) in [5.41, 5.74) is 8.36. The zero-order valence-electron chi connectivity index (χ0n) is 11.6. The first-order chi connectivity index (χ1) is 8.72. The van der Waals surface area contributed by atoms with E-state index in [1.54, 1.807) is 0 Å². The molecule has 0 saturated heterocycles. The fourth-order valence-corrected chi connectivity index (χ4v) is 2.01. The number of aliphatic hydroxyl groups excluding tert-OH is 1. The van der Waals surface area contributed by atoms with E-state index in [4.69, 9.17) is 10.8 Å². The summed E-state index contributed by atoms with van der Waals surface area (Å²) in [5, 5.41) is 9.12. The number of aliphatic hydroxyl groups is 1. The predicted octanol–water partition coefficient (Wildman–Crippen LogP) is 2.70. The van der Waals surface area contributed by atoms with Crippen molar-refractivity contribution in [1.82, 2.24) is 0 Å². The van der Waals surface area contributed by atoms with E-state index in [1.807, 2.05) is 0 Å². The fraction of sp³-hybridized carbons (Fsp3) is 0.600. The number of anilines is 1. The number of nitrogens with zero attached hydrogens (tertiary/aromatic N) is 1. The third-order valence-electron chi connectivity index (χ3n) is 3.28. The smallest absolute Gasteiger partial charge is 0.0606 e. The third-order valence-corrected chi connectivity index (χ3v) is 3.28. The maximum absolute atomic E-state index is 9.12. The summed E-state index contributed by atoms with van der Waals surface area (Å²) < 4.78 is 0. The van der Waals surface area contributed by atoms with E-state index in [2.05, 4.69) is 43.0 Å². The average Bonchev–Trinajstić information content (AvgIpc) is 2.43. The fourth-order valence-electron chi connectivity index (χ4n) is 2.01. The highest BCUT2D eigenvalue weighted by molar-refractivity contribution is 5.48. The molecule has 1 aromatic carbocycles. The van der Waals surface area contributed by atoms with E-state index in [9.17, 15) is 0 Å². The molecule has 3 N–H and O–H groups in total. The lowest BCUT2D eigenvalue weighted by atomic mass is 10.0. The summed E-state index contributed by atoms with van der Waals surface area (Å²) in [7, 11) is 0. The van der Waals surface area contributed by atoms with Crippen molar-refractivity contribution in [2.75, 3.05) is 24.6 Å². The highest BCUT2D eigenvalue weighted by atomic mass is 16.3. The van der Waals surface area contributed by atoms with E-state index in [0.29, 0.717) is 6.54 Å². The quantitative estimate of drug-likeness (QED) is 0.746. The van der Waals surface area contributed by atoms with Gasteiger partial charge in [-0.15, -0.1) is 0 Å². The van der Waals surface area contributed by atoms with Gasteiger partial charge in [-0.05, 0) is 30.5 Å². The molecule has 0 aliphatic heterocycles. The Balaban J connectivity index is 2.73. The molecule has 0 spiro atoms. The second kappa shape index (κ2) is 8.11. The van der Waals surface area contributed by atoms with Gasteiger partial charge in [-0.1, -0.05) is 32.4 Å². The van der Waals surface area contributed by atoms with Crippen LogP contribution in [-0.2, 0) is 0 Å². The van der Waals surface area contributed by atoms with Crippen LogP contribution in [0.2, 0.25) is 0 Å². The van der Waals surface area contributed by atoms with Gasteiger partial charge >= 0.3 is 0 Å². The summed E-state index contributed by atoms with van der Waals surface area (Å²) in [6, 6.07) is 8.53. The molecule has 0 fully saturated rings. The van der Waals surface area contributed by atoms with Crippen molar-refractivity contribution in [2.45, 2.75) is 39.2 Å². The summed E-state index contributed by atoms with van der Waals surface area (Å²) in [4.78, 5) is 2.23. The molecule has 0 bridgehead atoms. The predicted molar refractivity (Wildman–Crippen MR) is 77.9 cm³/mol. The van der Waals surface area contributed by atoms with Gasteiger partial charge < -0.3 is 15.7 Å². The van der Waals surface area contributed by atoms with Crippen LogP contribution in [0.4, 0.5) is 5.69 Å². The third kappa shape index (κ3) is 4.31. The number of hydrogen-bond donors (Lipinski definition) is 2. The van der Waals surface area contributed by atoms with Crippen LogP contribution in [0.5, 0.6) is 0 Å². The SMILES string of the molecule is CCCCN(CCO)c1ccc([C@H](N)CC)cc1. The lowest BCUT2D eigenvalue weighted by molar-refractivity contribution is 0.301. The van der Waals surface area contributed by atoms with Crippen molar-refractivity contribution < 1.29 is 5.11 Å². The highest BCUT2D eigenvalue weighted by Crippen LogP contribution is 2.20. The lowest BCUT2D eigenvalue weighted by Gasteiger charge is -2.24. The average molecular weight is 250 g/mol. The Morgan fingerprint density at radius 3 is 2.33 bits per heavy atom. The molecule has 1 atom stereocenters. The molecule has 0 radical (unpaired) electrons. The standard InChI is InChI=1S/C15H26N2O/c1-3-5-10-17(11-12-18)14-8-6-13(7-9-14)15(16)4-2/h6-9,15,18H,3-5,10-12,16H2,1-2H3/t15-/m1/s1. The van der Waals surface area contributed by atoms with Crippen molar-refractivity contribution in [3.8, 4) is 0 Å². The Bertz CT molecular complexity index is 324.